The Morgan fingerprint density at radius 3 is 2.52 bits per heavy atom. The zero-order valence-corrected chi connectivity index (χ0v) is 16.6. The SMILES string of the molecule is COc1cccc(C(=O)Nc2c(-c3ccc(OC)c(OC)c3)n[nH]c2C2CC2)c1. The molecule has 1 saturated carbocycles. The minimum Gasteiger partial charge on any atom is -0.497 e. The Hall–Kier alpha value is -3.48. The highest BCUT2D eigenvalue weighted by atomic mass is 16.5. The molecule has 1 aliphatic rings. The van der Waals surface area contributed by atoms with Crippen molar-refractivity contribution in [2.24, 2.45) is 0 Å². The molecule has 1 fully saturated rings. The molecule has 1 heterocycles. The van der Waals surface area contributed by atoms with Gasteiger partial charge in [0.15, 0.2) is 11.5 Å². The van der Waals surface area contributed by atoms with E-state index in [0.29, 0.717) is 40.1 Å². The van der Waals surface area contributed by atoms with Gasteiger partial charge in [-0.1, -0.05) is 6.07 Å². The number of nitrogens with zero attached hydrogens (tertiary/aromatic N) is 1. The molecule has 29 heavy (non-hydrogen) atoms. The fourth-order valence-corrected chi connectivity index (χ4v) is 3.29. The van der Waals surface area contributed by atoms with Crippen LogP contribution >= 0.6 is 0 Å². The Morgan fingerprint density at radius 2 is 1.83 bits per heavy atom. The third-order valence-corrected chi connectivity index (χ3v) is 5.01. The van der Waals surface area contributed by atoms with Crippen molar-refractivity contribution in [3.8, 4) is 28.5 Å². The summed E-state index contributed by atoms with van der Waals surface area (Å²) in [6.45, 7) is 0. The quantitative estimate of drug-likeness (QED) is 0.627. The van der Waals surface area contributed by atoms with Crippen LogP contribution in [0.25, 0.3) is 11.3 Å². The molecule has 3 aromatic rings. The van der Waals surface area contributed by atoms with Crippen molar-refractivity contribution in [1.29, 1.82) is 0 Å². The summed E-state index contributed by atoms with van der Waals surface area (Å²) < 4.78 is 16.0. The topological polar surface area (TPSA) is 85.5 Å². The molecule has 150 valence electrons. The third-order valence-electron chi connectivity index (χ3n) is 5.01. The summed E-state index contributed by atoms with van der Waals surface area (Å²) in [6.07, 6.45) is 2.16. The molecule has 0 bridgehead atoms. The standard InChI is InChI=1S/C22H23N3O4/c1-27-16-6-4-5-15(11-16)22(26)23-21-19(13-7-8-13)24-25-20(21)14-9-10-17(28-2)18(12-14)29-3/h4-6,9-13H,7-8H2,1-3H3,(H,23,26)(H,24,25). The Balaban J connectivity index is 1.71. The second kappa shape index (κ2) is 7.87. The van der Waals surface area contributed by atoms with Crippen molar-refractivity contribution < 1.29 is 19.0 Å². The summed E-state index contributed by atoms with van der Waals surface area (Å²) in [6, 6.07) is 12.6. The maximum Gasteiger partial charge on any atom is 0.255 e. The normalized spacial score (nSPS) is 13.1. The van der Waals surface area contributed by atoms with Crippen LogP contribution in [0.15, 0.2) is 42.5 Å². The van der Waals surface area contributed by atoms with Crippen LogP contribution in [-0.4, -0.2) is 37.4 Å². The van der Waals surface area contributed by atoms with Crippen LogP contribution in [0.2, 0.25) is 0 Å². The molecular formula is C22H23N3O4. The molecule has 0 saturated heterocycles. The Kier molecular flexibility index (Phi) is 5.12. The summed E-state index contributed by atoms with van der Waals surface area (Å²) in [5.41, 5.74) is 3.67. The minimum absolute atomic E-state index is 0.214. The monoisotopic (exact) mass is 393 g/mol. The molecule has 0 spiro atoms. The molecule has 1 amide bonds. The lowest BCUT2D eigenvalue weighted by Crippen LogP contribution is -2.13. The summed E-state index contributed by atoms with van der Waals surface area (Å²) in [5, 5.41) is 10.7. The number of methoxy groups -OCH3 is 3. The first-order valence-corrected chi connectivity index (χ1v) is 9.40. The van der Waals surface area contributed by atoms with Gasteiger partial charge in [-0.25, -0.2) is 0 Å². The van der Waals surface area contributed by atoms with E-state index in [9.17, 15) is 4.79 Å². The number of anilines is 1. The average Bonchev–Trinajstić information content (AvgIpc) is 3.53. The van der Waals surface area contributed by atoms with Crippen LogP contribution in [0.4, 0.5) is 5.69 Å². The predicted octanol–water partition coefficient (Wildman–Crippen LogP) is 4.23. The lowest BCUT2D eigenvalue weighted by Gasteiger charge is -2.11. The summed E-state index contributed by atoms with van der Waals surface area (Å²) in [7, 11) is 4.76. The minimum atomic E-state index is -0.214. The van der Waals surface area contributed by atoms with Gasteiger partial charge in [0, 0.05) is 17.0 Å². The Labute approximate surface area is 169 Å². The van der Waals surface area contributed by atoms with E-state index in [4.69, 9.17) is 14.2 Å². The predicted molar refractivity (Wildman–Crippen MR) is 110 cm³/mol. The van der Waals surface area contributed by atoms with Crippen LogP contribution in [0.5, 0.6) is 17.2 Å². The van der Waals surface area contributed by atoms with Gasteiger partial charge in [0.2, 0.25) is 0 Å². The van der Waals surface area contributed by atoms with E-state index in [-0.39, 0.29) is 5.91 Å². The maximum absolute atomic E-state index is 12.9. The second-order valence-corrected chi connectivity index (χ2v) is 6.89. The highest BCUT2D eigenvalue weighted by Crippen LogP contribution is 2.46. The zero-order chi connectivity index (χ0) is 20.4. The highest BCUT2D eigenvalue weighted by Gasteiger charge is 2.31. The number of aromatic amines is 1. The molecule has 7 heteroatoms. The van der Waals surface area contributed by atoms with E-state index in [1.807, 2.05) is 18.2 Å². The van der Waals surface area contributed by atoms with Gasteiger partial charge in [0.1, 0.15) is 11.4 Å². The lowest BCUT2D eigenvalue weighted by molar-refractivity contribution is 0.102. The first-order valence-electron chi connectivity index (χ1n) is 9.40. The van der Waals surface area contributed by atoms with Crippen molar-refractivity contribution in [3.05, 3.63) is 53.7 Å². The Bertz CT molecular complexity index is 1040. The van der Waals surface area contributed by atoms with Gasteiger partial charge in [-0.15, -0.1) is 0 Å². The largest absolute Gasteiger partial charge is 0.497 e. The molecule has 1 aromatic heterocycles. The van der Waals surface area contributed by atoms with Crippen molar-refractivity contribution in [3.63, 3.8) is 0 Å². The molecule has 0 unspecified atom stereocenters. The van der Waals surface area contributed by atoms with E-state index in [2.05, 4.69) is 15.5 Å². The molecule has 4 rings (SSSR count). The Morgan fingerprint density at radius 1 is 1.03 bits per heavy atom. The number of aromatic nitrogens is 2. The number of benzene rings is 2. The number of hydrogen-bond acceptors (Lipinski definition) is 5. The summed E-state index contributed by atoms with van der Waals surface area (Å²) in [4.78, 5) is 12.9. The molecule has 7 nitrogen and oxygen atoms in total. The van der Waals surface area contributed by atoms with Gasteiger partial charge in [0.05, 0.1) is 32.7 Å². The van der Waals surface area contributed by atoms with Gasteiger partial charge in [-0.3, -0.25) is 9.89 Å². The number of nitrogens with one attached hydrogen (secondary N) is 2. The first kappa shape index (κ1) is 18.9. The average molecular weight is 393 g/mol. The third kappa shape index (κ3) is 3.76. The van der Waals surface area contributed by atoms with Crippen LogP contribution in [0, 0.1) is 0 Å². The number of carbonyl (C=O) groups is 1. The molecule has 2 aromatic carbocycles. The van der Waals surface area contributed by atoms with Crippen LogP contribution < -0.4 is 19.5 Å². The first-order chi connectivity index (χ1) is 14.1. The van der Waals surface area contributed by atoms with Crippen molar-refractivity contribution >= 4 is 11.6 Å². The van der Waals surface area contributed by atoms with E-state index in [1.165, 1.54) is 0 Å². The van der Waals surface area contributed by atoms with Gasteiger partial charge < -0.3 is 19.5 Å². The van der Waals surface area contributed by atoms with E-state index in [0.717, 1.165) is 24.1 Å². The summed E-state index contributed by atoms with van der Waals surface area (Å²) in [5.74, 6) is 2.04. The van der Waals surface area contributed by atoms with E-state index >= 15 is 0 Å². The molecular weight excluding hydrogens is 370 g/mol. The number of rotatable bonds is 7. The fraction of sp³-hybridized carbons (Fsp3) is 0.273. The number of amides is 1. The number of ether oxygens (including phenoxy) is 3. The molecule has 0 aliphatic heterocycles. The van der Waals surface area contributed by atoms with Crippen LogP contribution in [-0.2, 0) is 0 Å². The number of hydrogen-bond donors (Lipinski definition) is 2. The zero-order valence-electron chi connectivity index (χ0n) is 16.6. The smallest absolute Gasteiger partial charge is 0.255 e. The van der Waals surface area contributed by atoms with Gasteiger partial charge in [-0.05, 0) is 49.2 Å². The van der Waals surface area contributed by atoms with Gasteiger partial charge in [0.25, 0.3) is 5.91 Å². The molecule has 0 radical (unpaired) electrons. The molecule has 0 atom stereocenters. The maximum atomic E-state index is 12.9. The lowest BCUT2D eigenvalue weighted by atomic mass is 10.1. The van der Waals surface area contributed by atoms with E-state index < -0.39 is 0 Å². The summed E-state index contributed by atoms with van der Waals surface area (Å²) >= 11 is 0. The second-order valence-electron chi connectivity index (χ2n) is 6.89. The molecule has 2 N–H and O–H groups in total. The van der Waals surface area contributed by atoms with Crippen molar-refractivity contribution in [1.82, 2.24) is 10.2 Å². The van der Waals surface area contributed by atoms with Crippen molar-refractivity contribution in [2.45, 2.75) is 18.8 Å². The fourth-order valence-electron chi connectivity index (χ4n) is 3.29. The van der Waals surface area contributed by atoms with E-state index in [1.54, 1.807) is 45.6 Å². The van der Waals surface area contributed by atoms with Crippen LogP contribution in [0.3, 0.4) is 0 Å². The van der Waals surface area contributed by atoms with Gasteiger partial charge in [-0.2, -0.15) is 5.10 Å². The number of H-pyrrole nitrogens is 1. The highest BCUT2D eigenvalue weighted by molar-refractivity contribution is 6.06. The molecule has 1 aliphatic carbocycles. The van der Waals surface area contributed by atoms with Crippen LogP contribution in [0.1, 0.15) is 34.8 Å². The van der Waals surface area contributed by atoms with Gasteiger partial charge >= 0.3 is 0 Å². The van der Waals surface area contributed by atoms with Crippen molar-refractivity contribution in [2.75, 3.05) is 26.6 Å². The number of carbonyl (C=O) groups excluding carboxylic acids is 1.